The third kappa shape index (κ3) is 4.80. The van der Waals surface area contributed by atoms with Gasteiger partial charge in [0.2, 0.25) is 5.91 Å². The number of amides is 1. The maximum atomic E-state index is 12.1. The number of carbonyl (C=O) groups is 1. The van der Waals surface area contributed by atoms with Gasteiger partial charge >= 0.3 is 5.69 Å². The van der Waals surface area contributed by atoms with Crippen molar-refractivity contribution >= 4 is 12.0 Å². The quantitative estimate of drug-likeness (QED) is 0.748. The van der Waals surface area contributed by atoms with Crippen molar-refractivity contribution in [2.45, 2.75) is 20.1 Å². The highest BCUT2D eigenvalue weighted by Gasteiger charge is 2.06. The summed E-state index contributed by atoms with van der Waals surface area (Å²) < 4.78 is 7.72. The molecule has 0 saturated carbocycles. The fourth-order valence-corrected chi connectivity index (χ4v) is 2.44. The van der Waals surface area contributed by atoms with Gasteiger partial charge in [-0.1, -0.05) is 24.3 Å². The summed E-state index contributed by atoms with van der Waals surface area (Å²) in [5.74, 6) is -0.327. The van der Waals surface area contributed by atoms with E-state index in [4.69, 9.17) is 4.74 Å². The molecular formula is C19H23N3O4. The summed E-state index contributed by atoms with van der Waals surface area (Å²) in [5.41, 5.74) is 1.40. The van der Waals surface area contributed by atoms with E-state index in [1.165, 1.54) is 30.0 Å². The Balaban J connectivity index is 2.05. The number of nitrogens with zero attached hydrogens (tertiary/aromatic N) is 2. The third-order valence-corrected chi connectivity index (χ3v) is 3.92. The molecule has 0 bridgehead atoms. The van der Waals surface area contributed by atoms with Crippen LogP contribution in [0, 0.1) is 0 Å². The predicted octanol–water partition coefficient (Wildman–Crippen LogP) is 0.950. The van der Waals surface area contributed by atoms with Gasteiger partial charge in [0.05, 0.1) is 12.2 Å². The average Bonchev–Trinajstić information content (AvgIpc) is 2.65. The molecule has 0 spiro atoms. The van der Waals surface area contributed by atoms with E-state index in [0.29, 0.717) is 19.8 Å². The van der Waals surface area contributed by atoms with Crippen molar-refractivity contribution in [3.63, 3.8) is 0 Å². The zero-order valence-electron chi connectivity index (χ0n) is 15.2. The molecule has 7 heteroatoms. The molecule has 0 aliphatic rings. The first-order chi connectivity index (χ1) is 12.4. The minimum absolute atomic E-state index is 0.265. The topological polar surface area (TPSA) is 82.3 Å². The number of ether oxygens (including phenoxy) is 1. The van der Waals surface area contributed by atoms with Crippen LogP contribution in [0.1, 0.15) is 23.6 Å². The summed E-state index contributed by atoms with van der Waals surface area (Å²) in [6.45, 7) is 3.40. The lowest BCUT2D eigenvalue weighted by Crippen LogP contribution is -2.37. The average molecular weight is 357 g/mol. The van der Waals surface area contributed by atoms with Crippen molar-refractivity contribution in [3.05, 3.63) is 74.1 Å². The number of benzene rings is 1. The minimum Gasteiger partial charge on any atom is -0.377 e. The standard InChI is InChI=1S/C19H23N3O4/c1-4-26-13-16-8-6-5-7-14(16)11-20-17(23)10-9-15-12-21(2)19(25)22(3)18(15)24/h5-10,12H,4,11,13H2,1-3H3,(H,20,23)/b10-9+. The Bertz CT molecular complexity index is 925. The minimum atomic E-state index is -0.445. The maximum Gasteiger partial charge on any atom is 0.330 e. The number of nitrogens with one attached hydrogen (secondary N) is 1. The molecule has 0 fully saturated rings. The molecule has 7 nitrogen and oxygen atoms in total. The van der Waals surface area contributed by atoms with Gasteiger partial charge in [-0.15, -0.1) is 0 Å². The van der Waals surface area contributed by atoms with Gasteiger partial charge in [-0.2, -0.15) is 0 Å². The SMILES string of the molecule is CCOCc1ccccc1CNC(=O)/C=C/c1cn(C)c(=O)n(C)c1=O. The van der Waals surface area contributed by atoms with Crippen LogP contribution in [-0.4, -0.2) is 21.6 Å². The smallest absolute Gasteiger partial charge is 0.330 e. The lowest BCUT2D eigenvalue weighted by Gasteiger charge is -2.09. The van der Waals surface area contributed by atoms with Gasteiger partial charge in [0.15, 0.2) is 0 Å². The second-order valence-electron chi connectivity index (χ2n) is 5.80. The van der Waals surface area contributed by atoms with Crippen LogP contribution in [0.4, 0.5) is 0 Å². The first-order valence-electron chi connectivity index (χ1n) is 8.31. The number of aromatic nitrogens is 2. The largest absolute Gasteiger partial charge is 0.377 e. The Morgan fingerprint density at radius 1 is 1.19 bits per heavy atom. The van der Waals surface area contributed by atoms with Crippen molar-refractivity contribution in [3.8, 4) is 0 Å². The zero-order chi connectivity index (χ0) is 19.1. The molecule has 0 atom stereocenters. The lowest BCUT2D eigenvalue weighted by molar-refractivity contribution is -0.116. The fraction of sp³-hybridized carbons (Fsp3) is 0.316. The van der Waals surface area contributed by atoms with Crippen LogP contribution in [-0.2, 0) is 36.8 Å². The molecule has 1 heterocycles. The van der Waals surface area contributed by atoms with Gasteiger partial charge < -0.3 is 14.6 Å². The maximum absolute atomic E-state index is 12.1. The molecular weight excluding hydrogens is 334 g/mol. The molecule has 0 unspecified atom stereocenters. The Morgan fingerprint density at radius 3 is 2.58 bits per heavy atom. The van der Waals surface area contributed by atoms with Gasteiger partial charge in [-0.25, -0.2) is 4.79 Å². The van der Waals surface area contributed by atoms with Gasteiger partial charge in [-0.05, 0) is 24.1 Å². The first-order valence-corrected chi connectivity index (χ1v) is 8.31. The Morgan fingerprint density at radius 2 is 1.88 bits per heavy atom. The molecule has 1 aromatic carbocycles. The lowest BCUT2D eigenvalue weighted by atomic mass is 10.1. The van der Waals surface area contributed by atoms with Gasteiger partial charge in [-0.3, -0.25) is 14.2 Å². The van der Waals surface area contributed by atoms with E-state index in [2.05, 4.69) is 5.32 Å². The number of aryl methyl sites for hydroxylation is 1. The monoisotopic (exact) mass is 357 g/mol. The summed E-state index contributed by atoms with van der Waals surface area (Å²) in [6, 6.07) is 7.72. The summed E-state index contributed by atoms with van der Waals surface area (Å²) >= 11 is 0. The number of hydrogen-bond donors (Lipinski definition) is 1. The van der Waals surface area contributed by atoms with E-state index in [9.17, 15) is 14.4 Å². The molecule has 0 aliphatic heterocycles. The van der Waals surface area contributed by atoms with Crippen LogP contribution in [0.15, 0.2) is 46.1 Å². The van der Waals surface area contributed by atoms with E-state index < -0.39 is 11.2 Å². The summed E-state index contributed by atoms with van der Waals surface area (Å²) in [5, 5.41) is 2.79. The van der Waals surface area contributed by atoms with E-state index in [-0.39, 0.29) is 11.5 Å². The van der Waals surface area contributed by atoms with Crippen molar-refractivity contribution in [2.24, 2.45) is 14.1 Å². The molecule has 0 saturated heterocycles. The highest BCUT2D eigenvalue weighted by atomic mass is 16.5. The molecule has 1 N–H and O–H groups in total. The van der Waals surface area contributed by atoms with Crippen LogP contribution in [0.2, 0.25) is 0 Å². The van der Waals surface area contributed by atoms with E-state index in [1.54, 1.807) is 7.05 Å². The molecule has 2 aromatic rings. The second kappa shape index (κ2) is 8.96. The molecule has 1 aromatic heterocycles. The number of rotatable bonds is 7. The van der Waals surface area contributed by atoms with Crippen molar-refractivity contribution in [2.75, 3.05) is 6.61 Å². The van der Waals surface area contributed by atoms with Crippen LogP contribution in [0.5, 0.6) is 0 Å². The molecule has 0 aliphatic carbocycles. The molecule has 26 heavy (non-hydrogen) atoms. The Labute approximate surface area is 151 Å². The third-order valence-electron chi connectivity index (χ3n) is 3.92. The van der Waals surface area contributed by atoms with Crippen molar-refractivity contribution in [1.29, 1.82) is 0 Å². The normalized spacial score (nSPS) is 11.0. The predicted molar refractivity (Wildman–Crippen MR) is 99.6 cm³/mol. The van der Waals surface area contributed by atoms with Gasteiger partial charge in [0.25, 0.3) is 5.56 Å². The highest BCUT2D eigenvalue weighted by Crippen LogP contribution is 2.10. The van der Waals surface area contributed by atoms with Crippen LogP contribution in [0.25, 0.3) is 6.08 Å². The van der Waals surface area contributed by atoms with E-state index in [1.807, 2.05) is 31.2 Å². The molecule has 138 valence electrons. The van der Waals surface area contributed by atoms with Crippen molar-refractivity contribution in [1.82, 2.24) is 14.5 Å². The first kappa shape index (κ1) is 19.4. The van der Waals surface area contributed by atoms with Gasteiger partial charge in [0.1, 0.15) is 0 Å². The molecule has 0 radical (unpaired) electrons. The van der Waals surface area contributed by atoms with Crippen LogP contribution < -0.4 is 16.6 Å². The van der Waals surface area contributed by atoms with Gasteiger partial charge in [0, 0.05) is 39.5 Å². The summed E-state index contributed by atoms with van der Waals surface area (Å²) in [4.78, 5) is 35.7. The van der Waals surface area contributed by atoms with Crippen LogP contribution in [0.3, 0.4) is 0 Å². The number of carbonyl (C=O) groups excluding carboxylic acids is 1. The fourth-order valence-electron chi connectivity index (χ4n) is 2.44. The highest BCUT2D eigenvalue weighted by molar-refractivity contribution is 5.91. The summed E-state index contributed by atoms with van der Waals surface area (Å²) in [7, 11) is 2.95. The molecule has 1 amide bonds. The second-order valence-corrected chi connectivity index (χ2v) is 5.80. The Hall–Kier alpha value is -2.93. The van der Waals surface area contributed by atoms with E-state index >= 15 is 0 Å². The molecule has 2 rings (SSSR count). The van der Waals surface area contributed by atoms with E-state index in [0.717, 1.165) is 15.7 Å². The summed E-state index contributed by atoms with van der Waals surface area (Å²) in [6.07, 6.45) is 4.10. The zero-order valence-corrected chi connectivity index (χ0v) is 15.2. The Kier molecular flexibility index (Phi) is 6.68. The van der Waals surface area contributed by atoms with Crippen molar-refractivity contribution < 1.29 is 9.53 Å². The van der Waals surface area contributed by atoms with Crippen LogP contribution >= 0.6 is 0 Å². The number of hydrogen-bond acceptors (Lipinski definition) is 4.